The number of hydrogen-bond acceptors (Lipinski definition) is 2. The average Bonchev–Trinajstić information content (AvgIpc) is 2.47. The second-order valence-corrected chi connectivity index (χ2v) is 5.66. The molecule has 0 aliphatic rings. The molecule has 0 radical (unpaired) electrons. The van der Waals surface area contributed by atoms with Gasteiger partial charge in [-0.1, -0.05) is 42.3 Å². The van der Waals surface area contributed by atoms with Crippen LogP contribution in [0.5, 0.6) is 5.75 Å². The standard InChI is InChI=1S/C19H25NO/c1-5-17(21-18-9-6-14(2)7-10-18)13-20-19-11-8-15(3)12-16(19)4/h6-12,17,20H,5,13H2,1-4H3. The first-order valence-electron chi connectivity index (χ1n) is 7.63. The van der Waals surface area contributed by atoms with Crippen LogP contribution < -0.4 is 10.1 Å². The average molecular weight is 283 g/mol. The molecule has 1 N–H and O–H groups in total. The molecule has 1 atom stereocenters. The number of hydrogen-bond donors (Lipinski definition) is 1. The predicted molar refractivity (Wildman–Crippen MR) is 90.3 cm³/mol. The number of aryl methyl sites for hydroxylation is 3. The molecule has 0 spiro atoms. The van der Waals surface area contributed by atoms with Gasteiger partial charge in [-0.25, -0.2) is 0 Å². The number of benzene rings is 2. The second-order valence-electron chi connectivity index (χ2n) is 5.66. The topological polar surface area (TPSA) is 21.3 Å². The Balaban J connectivity index is 1.94. The normalized spacial score (nSPS) is 12.0. The molecule has 0 bridgehead atoms. The van der Waals surface area contributed by atoms with Gasteiger partial charge in [0.15, 0.2) is 0 Å². The summed E-state index contributed by atoms with van der Waals surface area (Å²) in [5.41, 5.74) is 5.01. The second kappa shape index (κ2) is 7.16. The summed E-state index contributed by atoms with van der Waals surface area (Å²) in [6, 6.07) is 14.7. The number of nitrogens with one attached hydrogen (secondary N) is 1. The maximum atomic E-state index is 6.04. The largest absolute Gasteiger partial charge is 0.489 e. The van der Waals surface area contributed by atoms with Crippen LogP contribution in [0.3, 0.4) is 0 Å². The van der Waals surface area contributed by atoms with Crippen LogP contribution in [0.1, 0.15) is 30.0 Å². The Bertz CT molecular complexity index is 575. The van der Waals surface area contributed by atoms with Crippen molar-refractivity contribution in [3.05, 3.63) is 59.2 Å². The van der Waals surface area contributed by atoms with Crippen LogP contribution in [0.2, 0.25) is 0 Å². The molecule has 112 valence electrons. The van der Waals surface area contributed by atoms with E-state index in [1.807, 2.05) is 12.1 Å². The Morgan fingerprint density at radius 3 is 2.24 bits per heavy atom. The van der Waals surface area contributed by atoms with Crippen molar-refractivity contribution >= 4 is 5.69 Å². The highest BCUT2D eigenvalue weighted by Gasteiger charge is 2.09. The Labute approximate surface area is 128 Å². The molecule has 2 heteroatoms. The molecule has 2 aromatic rings. The highest BCUT2D eigenvalue weighted by atomic mass is 16.5. The van der Waals surface area contributed by atoms with Crippen molar-refractivity contribution in [1.82, 2.24) is 0 Å². The molecule has 21 heavy (non-hydrogen) atoms. The lowest BCUT2D eigenvalue weighted by Gasteiger charge is -2.20. The molecule has 1 unspecified atom stereocenters. The number of ether oxygens (including phenoxy) is 1. The van der Waals surface area contributed by atoms with Crippen LogP contribution in [0.25, 0.3) is 0 Å². The van der Waals surface area contributed by atoms with Gasteiger partial charge in [0.05, 0.1) is 6.54 Å². The van der Waals surface area contributed by atoms with E-state index in [1.54, 1.807) is 0 Å². The molecular weight excluding hydrogens is 258 g/mol. The third-order valence-corrected chi connectivity index (χ3v) is 3.68. The molecule has 2 aromatic carbocycles. The maximum Gasteiger partial charge on any atom is 0.119 e. The first kappa shape index (κ1) is 15.4. The quantitative estimate of drug-likeness (QED) is 0.815. The lowest BCUT2D eigenvalue weighted by Crippen LogP contribution is -2.25. The van der Waals surface area contributed by atoms with E-state index in [2.05, 4.69) is 63.3 Å². The first-order chi connectivity index (χ1) is 10.1. The van der Waals surface area contributed by atoms with Crippen LogP contribution >= 0.6 is 0 Å². The summed E-state index contributed by atoms with van der Waals surface area (Å²) in [5, 5.41) is 3.50. The summed E-state index contributed by atoms with van der Waals surface area (Å²) < 4.78 is 6.04. The van der Waals surface area contributed by atoms with E-state index in [-0.39, 0.29) is 6.10 Å². The Morgan fingerprint density at radius 2 is 1.62 bits per heavy atom. The monoisotopic (exact) mass is 283 g/mol. The molecule has 0 fully saturated rings. The van der Waals surface area contributed by atoms with Gasteiger partial charge in [0.25, 0.3) is 0 Å². The van der Waals surface area contributed by atoms with Crippen molar-refractivity contribution in [2.24, 2.45) is 0 Å². The van der Waals surface area contributed by atoms with Crippen LogP contribution in [-0.4, -0.2) is 12.6 Å². The Morgan fingerprint density at radius 1 is 0.952 bits per heavy atom. The lowest BCUT2D eigenvalue weighted by molar-refractivity contribution is 0.210. The summed E-state index contributed by atoms with van der Waals surface area (Å²) in [6.45, 7) is 9.31. The fraction of sp³-hybridized carbons (Fsp3) is 0.368. The van der Waals surface area contributed by atoms with Gasteiger partial charge in [0.2, 0.25) is 0 Å². The zero-order chi connectivity index (χ0) is 15.2. The molecule has 0 aliphatic carbocycles. The van der Waals surface area contributed by atoms with Crippen molar-refractivity contribution < 1.29 is 4.74 Å². The van der Waals surface area contributed by atoms with Crippen LogP contribution in [0.4, 0.5) is 5.69 Å². The fourth-order valence-electron chi connectivity index (χ4n) is 2.31. The van der Waals surface area contributed by atoms with E-state index in [0.717, 1.165) is 18.7 Å². The van der Waals surface area contributed by atoms with E-state index in [0.29, 0.717) is 0 Å². The molecule has 0 aromatic heterocycles. The van der Waals surface area contributed by atoms with Gasteiger partial charge >= 0.3 is 0 Å². The van der Waals surface area contributed by atoms with Crippen molar-refractivity contribution in [1.29, 1.82) is 0 Å². The SMILES string of the molecule is CCC(CNc1ccc(C)cc1C)Oc1ccc(C)cc1. The van der Waals surface area contributed by atoms with Crippen LogP contribution in [0.15, 0.2) is 42.5 Å². The van der Waals surface area contributed by atoms with Crippen molar-refractivity contribution in [2.45, 2.75) is 40.2 Å². The van der Waals surface area contributed by atoms with Gasteiger partial charge in [0.1, 0.15) is 11.9 Å². The van der Waals surface area contributed by atoms with Crippen LogP contribution in [0, 0.1) is 20.8 Å². The lowest BCUT2D eigenvalue weighted by atomic mass is 10.1. The molecule has 0 aliphatic heterocycles. The Kier molecular flexibility index (Phi) is 5.26. The number of anilines is 1. The first-order valence-corrected chi connectivity index (χ1v) is 7.63. The molecular formula is C19H25NO. The van der Waals surface area contributed by atoms with Gasteiger partial charge in [-0.2, -0.15) is 0 Å². The van der Waals surface area contributed by atoms with Crippen molar-refractivity contribution in [2.75, 3.05) is 11.9 Å². The Hall–Kier alpha value is -1.96. The highest BCUT2D eigenvalue weighted by Crippen LogP contribution is 2.18. The van der Waals surface area contributed by atoms with E-state index >= 15 is 0 Å². The summed E-state index contributed by atoms with van der Waals surface area (Å²) in [7, 11) is 0. The van der Waals surface area contributed by atoms with E-state index < -0.39 is 0 Å². The van der Waals surface area contributed by atoms with E-state index in [9.17, 15) is 0 Å². The minimum atomic E-state index is 0.174. The summed E-state index contributed by atoms with van der Waals surface area (Å²) in [4.78, 5) is 0. The predicted octanol–water partition coefficient (Wildman–Crippen LogP) is 4.88. The molecule has 0 heterocycles. The summed E-state index contributed by atoms with van der Waals surface area (Å²) in [5.74, 6) is 0.940. The minimum absolute atomic E-state index is 0.174. The summed E-state index contributed by atoms with van der Waals surface area (Å²) in [6.07, 6.45) is 1.15. The zero-order valence-corrected chi connectivity index (χ0v) is 13.4. The molecule has 2 rings (SSSR count). The summed E-state index contributed by atoms with van der Waals surface area (Å²) >= 11 is 0. The fourth-order valence-corrected chi connectivity index (χ4v) is 2.31. The van der Waals surface area contributed by atoms with Crippen molar-refractivity contribution in [3.8, 4) is 5.75 Å². The van der Waals surface area contributed by atoms with Gasteiger partial charge in [0, 0.05) is 5.69 Å². The number of rotatable bonds is 6. The maximum absolute atomic E-state index is 6.04. The van der Waals surface area contributed by atoms with Gasteiger partial charge in [-0.05, 0) is 51.0 Å². The van der Waals surface area contributed by atoms with Gasteiger partial charge in [-0.15, -0.1) is 0 Å². The molecule has 0 saturated heterocycles. The van der Waals surface area contributed by atoms with Crippen molar-refractivity contribution in [3.63, 3.8) is 0 Å². The van der Waals surface area contributed by atoms with E-state index in [1.165, 1.54) is 22.4 Å². The third-order valence-electron chi connectivity index (χ3n) is 3.68. The molecule has 0 amide bonds. The van der Waals surface area contributed by atoms with Gasteiger partial charge in [-0.3, -0.25) is 0 Å². The zero-order valence-electron chi connectivity index (χ0n) is 13.4. The third kappa shape index (κ3) is 4.52. The minimum Gasteiger partial charge on any atom is -0.489 e. The van der Waals surface area contributed by atoms with Gasteiger partial charge < -0.3 is 10.1 Å². The molecule has 2 nitrogen and oxygen atoms in total. The van der Waals surface area contributed by atoms with Crippen LogP contribution in [-0.2, 0) is 0 Å². The smallest absolute Gasteiger partial charge is 0.119 e. The molecule has 0 saturated carbocycles. The highest BCUT2D eigenvalue weighted by molar-refractivity contribution is 5.52. The van der Waals surface area contributed by atoms with E-state index in [4.69, 9.17) is 4.74 Å².